The highest BCUT2D eigenvalue weighted by Crippen LogP contribution is 1.96. The van der Waals surface area contributed by atoms with Crippen LogP contribution in [0.1, 0.15) is 27.2 Å². The summed E-state index contributed by atoms with van der Waals surface area (Å²) in [6.07, 6.45) is 0.416. The molecule has 0 aromatic heterocycles. The number of carbonyl (C=O) groups is 1. The first-order valence-electron chi connectivity index (χ1n) is 4.83. The molecule has 6 heteroatoms. The van der Waals surface area contributed by atoms with E-state index in [4.69, 9.17) is 10.9 Å². The van der Waals surface area contributed by atoms with Gasteiger partial charge in [0.2, 0.25) is 5.91 Å². The molecule has 1 amide bonds. The van der Waals surface area contributed by atoms with Crippen LogP contribution in [-0.4, -0.2) is 35.6 Å². The lowest BCUT2D eigenvalue weighted by molar-refractivity contribution is -0.121. The predicted octanol–water partition coefficient (Wildman–Crippen LogP) is -0.373. The molecular formula is C9H20N4O2. The summed E-state index contributed by atoms with van der Waals surface area (Å²) >= 11 is 0. The molecule has 0 saturated heterocycles. The fourth-order valence-corrected chi connectivity index (χ4v) is 0.931. The molecule has 0 saturated carbocycles. The van der Waals surface area contributed by atoms with Crippen molar-refractivity contribution in [2.24, 2.45) is 10.9 Å². The molecular weight excluding hydrogens is 196 g/mol. The first-order valence-corrected chi connectivity index (χ1v) is 4.83. The second-order valence-electron chi connectivity index (χ2n) is 4.32. The van der Waals surface area contributed by atoms with Gasteiger partial charge >= 0.3 is 0 Å². The molecule has 6 nitrogen and oxygen atoms in total. The highest BCUT2D eigenvalue weighted by molar-refractivity contribution is 5.80. The Bertz CT molecular complexity index is 233. The molecule has 5 N–H and O–H groups in total. The summed E-state index contributed by atoms with van der Waals surface area (Å²) in [5.74, 6) is 0.0840. The van der Waals surface area contributed by atoms with E-state index in [0.717, 1.165) is 0 Å². The minimum atomic E-state index is -0.218. The number of amides is 1. The fourth-order valence-electron chi connectivity index (χ4n) is 0.931. The van der Waals surface area contributed by atoms with Gasteiger partial charge in [0.25, 0.3) is 0 Å². The second kappa shape index (κ2) is 6.23. The molecule has 0 spiro atoms. The van der Waals surface area contributed by atoms with E-state index in [1.165, 1.54) is 0 Å². The molecule has 0 atom stereocenters. The van der Waals surface area contributed by atoms with Gasteiger partial charge in [-0.3, -0.25) is 4.79 Å². The van der Waals surface area contributed by atoms with Crippen LogP contribution < -0.4 is 16.4 Å². The summed E-state index contributed by atoms with van der Waals surface area (Å²) in [4.78, 5) is 11.3. The third-order valence-corrected chi connectivity index (χ3v) is 1.49. The Balaban J connectivity index is 3.57. The molecule has 0 aliphatic carbocycles. The standard InChI is InChI=1S/C9H20N4O2/c1-9(2,3)12-8(14)6-11-5-4-7(10)13-15/h11,15H,4-6H2,1-3H3,(H2,10,13)(H,12,14). The number of oxime groups is 1. The van der Waals surface area contributed by atoms with Crippen LogP contribution in [0.15, 0.2) is 5.16 Å². The number of carbonyl (C=O) groups excluding carboxylic acids is 1. The summed E-state index contributed by atoms with van der Waals surface area (Å²) < 4.78 is 0. The number of nitrogens with two attached hydrogens (primary N) is 1. The predicted molar refractivity (Wildman–Crippen MR) is 58.8 cm³/mol. The van der Waals surface area contributed by atoms with Crippen molar-refractivity contribution in [2.75, 3.05) is 13.1 Å². The molecule has 0 heterocycles. The van der Waals surface area contributed by atoms with Crippen molar-refractivity contribution < 1.29 is 10.0 Å². The normalized spacial score (nSPS) is 12.6. The zero-order valence-electron chi connectivity index (χ0n) is 9.50. The molecule has 0 bridgehead atoms. The van der Waals surface area contributed by atoms with Gasteiger partial charge in [-0.15, -0.1) is 0 Å². The van der Waals surface area contributed by atoms with Crippen LogP contribution in [0, 0.1) is 0 Å². The number of hydrogen-bond acceptors (Lipinski definition) is 4. The molecule has 0 fully saturated rings. The number of hydrogen-bond donors (Lipinski definition) is 4. The van der Waals surface area contributed by atoms with Crippen molar-refractivity contribution in [2.45, 2.75) is 32.7 Å². The minimum absolute atomic E-state index is 0.0676. The average molecular weight is 216 g/mol. The molecule has 0 aromatic rings. The van der Waals surface area contributed by atoms with Crippen LogP contribution in [0.4, 0.5) is 0 Å². The van der Waals surface area contributed by atoms with Gasteiger partial charge in [-0.05, 0) is 20.8 Å². The van der Waals surface area contributed by atoms with Crippen LogP contribution in [0.2, 0.25) is 0 Å². The van der Waals surface area contributed by atoms with Gasteiger partial charge < -0.3 is 21.6 Å². The summed E-state index contributed by atoms with van der Waals surface area (Å²) in [6, 6.07) is 0. The molecule has 0 rings (SSSR count). The Hall–Kier alpha value is -1.30. The fraction of sp³-hybridized carbons (Fsp3) is 0.778. The first-order chi connectivity index (χ1) is 6.85. The van der Waals surface area contributed by atoms with Crippen LogP contribution >= 0.6 is 0 Å². The second-order valence-corrected chi connectivity index (χ2v) is 4.32. The summed E-state index contributed by atoms with van der Waals surface area (Å²) in [5.41, 5.74) is 5.03. The number of nitrogens with one attached hydrogen (secondary N) is 2. The molecule has 15 heavy (non-hydrogen) atoms. The largest absolute Gasteiger partial charge is 0.409 e. The Kier molecular flexibility index (Phi) is 5.69. The van der Waals surface area contributed by atoms with Crippen molar-refractivity contribution in [1.82, 2.24) is 10.6 Å². The van der Waals surface area contributed by atoms with Gasteiger partial charge in [-0.25, -0.2) is 0 Å². The minimum Gasteiger partial charge on any atom is -0.409 e. The zero-order valence-corrected chi connectivity index (χ0v) is 9.50. The topological polar surface area (TPSA) is 99.7 Å². The van der Waals surface area contributed by atoms with Crippen molar-refractivity contribution >= 4 is 11.7 Å². The average Bonchev–Trinajstić information content (AvgIpc) is 2.09. The smallest absolute Gasteiger partial charge is 0.234 e. The van der Waals surface area contributed by atoms with E-state index in [1.807, 2.05) is 20.8 Å². The van der Waals surface area contributed by atoms with Crippen molar-refractivity contribution in [3.63, 3.8) is 0 Å². The molecule has 88 valence electrons. The van der Waals surface area contributed by atoms with E-state index in [1.54, 1.807) is 0 Å². The van der Waals surface area contributed by atoms with Crippen LogP contribution in [0.25, 0.3) is 0 Å². The highest BCUT2D eigenvalue weighted by atomic mass is 16.4. The monoisotopic (exact) mass is 216 g/mol. The van der Waals surface area contributed by atoms with E-state index >= 15 is 0 Å². The van der Waals surface area contributed by atoms with E-state index in [9.17, 15) is 4.79 Å². The lowest BCUT2D eigenvalue weighted by Crippen LogP contribution is -2.45. The third-order valence-electron chi connectivity index (χ3n) is 1.49. The summed E-state index contributed by atoms with van der Waals surface area (Å²) in [7, 11) is 0. The lowest BCUT2D eigenvalue weighted by Gasteiger charge is -2.20. The van der Waals surface area contributed by atoms with E-state index in [0.29, 0.717) is 13.0 Å². The van der Waals surface area contributed by atoms with Crippen LogP contribution in [-0.2, 0) is 4.79 Å². The van der Waals surface area contributed by atoms with Crippen LogP contribution in [0.3, 0.4) is 0 Å². The van der Waals surface area contributed by atoms with Gasteiger partial charge in [0.05, 0.1) is 6.54 Å². The molecule has 0 aliphatic rings. The maximum absolute atomic E-state index is 11.3. The number of rotatable bonds is 5. The Labute approximate surface area is 89.9 Å². The van der Waals surface area contributed by atoms with Crippen molar-refractivity contribution in [1.29, 1.82) is 0 Å². The molecule has 0 aromatic carbocycles. The number of amidine groups is 1. The Morgan fingerprint density at radius 1 is 1.47 bits per heavy atom. The van der Waals surface area contributed by atoms with E-state index < -0.39 is 0 Å². The zero-order chi connectivity index (χ0) is 11.9. The van der Waals surface area contributed by atoms with Gasteiger partial charge in [0, 0.05) is 18.5 Å². The van der Waals surface area contributed by atoms with Gasteiger partial charge in [-0.1, -0.05) is 5.16 Å². The summed E-state index contributed by atoms with van der Waals surface area (Å²) in [5, 5.41) is 16.8. The number of nitrogens with zero attached hydrogens (tertiary/aromatic N) is 1. The third kappa shape index (κ3) is 9.01. The summed E-state index contributed by atoms with van der Waals surface area (Å²) in [6.45, 7) is 6.49. The van der Waals surface area contributed by atoms with E-state index in [-0.39, 0.29) is 23.8 Å². The van der Waals surface area contributed by atoms with Crippen LogP contribution in [0.5, 0.6) is 0 Å². The molecule has 0 aliphatic heterocycles. The Morgan fingerprint density at radius 2 is 2.07 bits per heavy atom. The van der Waals surface area contributed by atoms with Gasteiger partial charge in [0.15, 0.2) is 0 Å². The first kappa shape index (κ1) is 13.7. The lowest BCUT2D eigenvalue weighted by atomic mass is 10.1. The maximum Gasteiger partial charge on any atom is 0.234 e. The SMILES string of the molecule is CC(C)(C)NC(=O)CNCCC(N)=NO. The Morgan fingerprint density at radius 3 is 2.53 bits per heavy atom. The quantitative estimate of drug-likeness (QED) is 0.166. The van der Waals surface area contributed by atoms with Gasteiger partial charge in [0.1, 0.15) is 5.84 Å². The highest BCUT2D eigenvalue weighted by Gasteiger charge is 2.12. The van der Waals surface area contributed by atoms with E-state index in [2.05, 4.69) is 15.8 Å². The van der Waals surface area contributed by atoms with Gasteiger partial charge in [-0.2, -0.15) is 0 Å². The molecule has 0 unspecified atom stereocenters. The van der Waals surface area contributed by atoms with Crippen molar-refractivity contribution in [3.05, 3.63) is 0 Å². The van der Waals surface area contributed by atoms with Crippen molar-refractivity contribution in [3.8, 4) is 0 Å². The molecule has 0 radical (unpaired) electrons. The maximum atomic E-state index is 11.3.